The summed E-state index contributed by atoms with van der Waals surface area (Å²) in [6.45, 7) is -2.90. The smallest absolute Gasteiger partial charge is 0.214 e. The minimum Gasteiger partial charge on any atom is -0.348 e. The molecule has 0 unspecified atom stereocenters. The van der Waals surface area contributed by atoms with Crippen LogP contribution in [0.5, 0.6) is 0 Å². The van der Waals surface area contributed by atoms with Gasteiger partial charge in [0.15, 0.2) is 5.78 Å². The Labute approximate surface area is 211 Å². The topological polar surface area (TPSA) is 39.1 Å². The predicted octanol–water partition coefficient (Wildman–Crippen LogP) is 5.26. The fourth-order valence-corrected chi connectivity index (χ4v) is 9.12. The quantitative estimate of drug-likeness (QED) is 0.179. The summed E-state index contributed by atoms with van der Waals surface area (Å²) >= 11 is 0. The highest BCUT2D eigenvalue weighted by Gasteiger charge is 2.38. The molecule has 4 aromatic carbocycles. The van der Waals surface area contributed by atoms with Crippen LogP contribution in [-0.2, 0) is 7.05 Å². The molecule has 0 N–H and O–H groups in total. The summed E-state index contributed by atoms with van der Waals surface area (Å²) in [5.41, 5.74) is 0.990. The summed E-state index contributed by atoms with van der Waals surface area (Å²) in [6, 6.07) is 42.8. The second-order valence-electron chi connectivity index (χ2n) is 8.55. The molecule has 0 amide bonds. The van der Waals surface area contributed by atoms with E-state index in [4.69, 9.17) is 0 Å². The van der Waals surface area contributed by atoms with Crippen molar-refractivity contribution in [3.63, 3.8) is 0 Å². The first kappa shape index (κ1) is 23.5. The van der Waals surface area contributed by atoms with Gasteiger partial charge in [-0.1, -0.05) is 121 Å². The van der Waals surface area contributed by atoms with Crippen LogP contribution in [0.15, 0.2) is 140 Å². The van der Waals surface area contributed by atoms with Crippen LogP contribution in [0.2, 0.25) is 0 Å². The van der Waals surface area contributed by atoms with E-state index in [0.29, 0.717) is 16.6 Å². The van der Waals surface area contributed by atoms with Gasteiger partial charge in [0, 0.05) is 18.8 Å². The lowest BCUT2D eigenvalue weighted by molar-refractivity contribution is 0.102. The standard InChI is InChI=1S/C32H26NO2P/c1-33-24-14-23-29(33)31(35)32(30(34)25-15-6-2-7-16-25)36(26-17-8-3-9-18-26,27-19-10-4-11-20-27)28-21-12-5-13-22-28/h2-24H,1H3. The number of hydrogen-bond donors (Lipinski definition) is 0. The van der Waals surface area contributed by atoms with E-state index >= 15 is 0 Å². The van der Waals surface area contributed by atoms with Gasteiger partial charge in [0.2, 0.25) is 5.78 Å². The van der Waals surface area contributed by atoms with Gasteiger partial charge in [0.1, 0.15) is 0 Å². The van der Waals surface area contributed by atoms with E-state index in [0.717, 1.165) is 15.9 Å². The Bertz CT molecular complexity index is 1450. The molecule has 0 saturated heterocycles. The van der Waals surface area contributed by atoms with Crippen molar-refractivity contribution >= 4 is 39.7 Å². The van der Waals surface area contributed by atoms with Gasteiger partial charge in [0.25, 0.3) is 0 Å². The van der Waals surface area contributed by atoms with Crippen molar-refractivity contribution in [2.75, 3.05) is 0 Å². The molecule has 176 valence electrons. The highest BCUT2D eigenvalue weighted by atomic mass is 31.2. The lowest BCUT2D eigenvalue weighted by Crippen LogP contribution is -2.38. The molecule has 36 heavy (non-hydrogen) atoms. The number of nitrogens with zero attached hydrogens (tertiary/aromatic N) is 1. The van der Waals surface area contributed by atoms with Crippen molar-refractivity contribution in [1.82, 2.24) is 4.57 Å². The lowest BCUT2D eigenvalue weighted by atomic mass is 10.0. The highest BCUT2D eigenvalue weighted by Crippen LogP contribution is 2.47. The number of carbonyl (C=O) groups excluding carboxylic acids is 2. The van der Waals surface area contributed by atoms with E-state index in [9.17, 15) is 9.59 Å². The third-order valence-corrected chi connectivity index (χ3v) is 10.7. The second kappa shape index (κ2) is 10.2. The average molecular weight is 488 g/mol. The predicted molar refractivity (Wildman–Crippen MR) is 151 cm³/mol. The summed E-state index contributed by atoms with van der Waals surface area (Å²) in [5.74, 6) is -0.493. The molecule has 1 aromatic heterocycles. The largest absolute Gasteiger partial charge is 0.348 e. The molecule has 1 heterocycles. The molecule has 0 aliphatic carbocycles. The fraction of sp³-hybridized carbons (Fsp3) is 0.0312. The van der Waals surface area contributed by atoms with E-state index in [1.807, 2.05) is 129 Å². The Morgan fingerprint density at radius 2 is 0.944 bits per heavy atom. The highest BCUT2D eigenvalue weighted by molar-refractivity contribution is 7.97. The average Bonchev–Trinajstić information content (AvgIpc) is 3.39. The molecule has 0 aliphatic rings. The van der Waals surface area contributed by atoms with Crippen molar-refractivity contribution in [1.29, 1.82) is 0 Å². The van der Waals surface area contributed by atoms with Crippen molar-refractivity contribution in [2.45, 2.75) is 0 Å². The lowest BCUT2D eigenvalue weighted by Gasteiger charge is -2.32. The van der Waals surface area contributed by atoms with Gasteiger partial charge in [0.05, 0.1) is 11.0 Å². The van der Waals surface area contributed by atoms with E-state index < -0.39 is 6.89 Å². The SMILES string of the molecule is Cn1cccc1C(=O)C(C(=O)c1ccccc1)=P(c1ccccc1)(c1ccccc1)c1ccccc1. The minimum absolute atomic E-state index is 0.244. The van der Waals surface area contributed by atoms with Crippen molar-refractivity contribution in [3.05, 3.63) is 151 Å². The summed E-state index contributed by atoms with van der Waals surface area (Å²) < 4.78 is 1.79. The van der Waals surface area contributed by atoms with Gasteiger partial charge < -0.3 is 4.57 Å². The molecular formula is C32H26NO2P. The van der Waals surface area contributed by atoms with E-state index in [1.54, 1.807) is 22.8 Å². The molecule has 0 radical (unpaired) electrons. The van der Waals surface area contributed by atoms with Crippen LogP contribution in [0.25, 0.3) is 0 Å². The Hall–Kier alpha value is -4.20. The first-order valence-electron chi connectivity index (χ1n) is 11.8. The zero-order valence-corrected chi connectivity index (χ0v) is 20.9. The zero-order chi connectivity index (χ0) is 25.0. The number of ketones is 2. The molecule has 0 atom stereocenters. The monoisotopic (exact) mass is 487 g/mol. The first-order valence-corrected chi connectivity index (χ1v) is 13.6. The van der Waals surface area contributed by atoms with Gasteiger partial charge in [-0.15, -0.1) is 0 Å². The van der Waals surface area contributed by atoms with Crippen LogP contribution in [0, 0.1) is 0 Å². The molecule has 5 rings (SSSR count). The van der Waals surface area contributed by atoms with Gasteiger partial charge in [-0.3, -0.25) is 9.59 Å². The summed E-state index contributed by atoms with van der Waals surface area (Å²) in [5, 5.41) is 3.19. The van der Waals surface area contributed by atoms with Crippen LogP contribution in [-0.4, -0.2) is 21.4 Å². The molecule has 0 fully saturated rings. The Morgan fingerprint density at radius 3 is 1.33 bits per heavy atom. The van der Waals surface area contributed by atoms with Crippen LogP contribution in [0.4, 0.5) is 0 Å². The van der Waals surface area contributed by atoms with Gasteiger partial charge in [-0.2, -0.15) is 0 Å². The molecule has 0 aliphatic heterocycles. The molecule has 3 nitrogen and oxygen atoms in total. The number of Topliss-reactive ketones (excluding diaryl/α,β-unsaturated/α-hetero) is 2. The molecule has 5 aromatic rings. The molecule has 0 bridgehead atoms. The molecule has 0 saturated carbocycles. The normalized spacial score (nSPS) is 11.1. The number of rotatable bonds is 7. The number of hydrogen-bond acceptors (Lipinski definition) is 2. The van der Waals surface area contributed by atoms with Gasteiger partial charge >= 0.3 is 0 Å². The molecular weight excluding hydrogens is 461 g/mol. The van der Waals surface area contributed by atoms with Crippen LogP contribution < -0.4 is 15.9 Å². The van der Waals surface area contributed by atoms with Crippen LogP contribution in [0.3, 0.4) is 0 Å². The fourth-order valence-electron chi connectivity index (χ4n) is 4.74. The third-order valence-electron chi connectivity index (χ3n) is 6.41. The summed E-state index contributed by atoms with van der Waals surface area (Å²) in [6.07, 6.45) is 1.84. The minimum atomic E-state index is -2.90. The maximum Gasteiger partial charge on any atom is 0.214 e. The number of aryl methyl sites for hydroxylation is 1. The first-order chi connectivity index (χ1) is 17.6. The third kappa shape index (κ3) is 4.08. The Balaban J connectivity index is 2.04. The van der Waals surface area contributed by atoms with E-state index in [2.05, 4.69) is 0 Å². The maximum atomic E-state index is 14.6. The molecule has 0 spiro atoms. The molecule has 4 heteroatoms. The number of aromatic nitrogens is 1. The Morgan fingerprint density at radius 1 is 0.528 bits per heavy atom. The van der Waals surface area contributed by atoms with E-state index in [1.165, 1.54) is 0 Å². The summed E-state index contributed by atoms with van der Waals surface area (Å²) in [7, 11) is 1.84. The number of carbonyl (C=O) groups is 2. The number of benzene rings is 4. The van der Waals surface area contributed by atoms with Crippen molar-refractivity contribution in [2.24, 2.45) is 7.05 Å². The maximum absolute atomic E-state index is 14.6. The van der Waals surface area contributed by atoms with E-state index in [-0.39, 0.29) is 11.6 Å². The Kier molecular flexibility index (Phi) is 6.66. The summed E-state index contributed by atoms with van der Waals surface area (Å²) in [4.78, 5) is 29.1. The van der Waals surface area contributed by atoms with Gasteiger partial charge in [-0.25, -0.2) is 0 Å². The van der Waals surface area contributed by atoms with Crippen LogP contribution >= 0.6 is 6.89 Å². The zero-order valence-electron chi connectivity index (χ0n) is 20.0. The van der Waals surface area contributed by atoms with Crippen LogP contribution in [0.1, 0.15) is 20.8 Å². The van der Waals surface area contributed by atoms with Gasteiger partial charge in [-0.05, 0) is 34.9 Å². The van der Waals surface area contributed by atoms with Crippen molar-refractivity contribution in [3.8, 4) is 0 Å². The van der Waals surface area contributed by atoms with Crippen molar-refractivity contribution < 1.29 is 9.59 Å². The second-order valence-corrected chi connectivity index (χ2v) is 11.9.